The van der Waals surface area contributed by atoms with E-state index in [4.69, 9.17) is 9.84 Å². The van der Waals surface area contributed by atoms with Gasteiger partial charge in [0.15, 0.2) is 6.61 Å². The molecule has 1 aliphatic rings. The Labute approximate surface area is 189 Å². The Morgan fingerprint density at radius 3 is 2.40 bits per heavy atom. The molecular weight excluding hydrogens is 523 g/mol. The monoisotopic (exact) mass is 538 g/mol. The van der Waals surface area contributed by atoms with Crippen molar-refractivity contribution in [3.05, 3.63) is 62.6 Å². The van der Waals surface area contributed by atoms with E-state index in [1.54, 1.807) is 36.4 Å². The molecule has 154 valence electrons. The van der Waals surface area contributed by atoms with Crippen LogP contribution in [-0.2, 0) is 14.4 Å². The molecule has 8 nitrogen and oxygen atoms in total. The van der Waals surface area contributed by atoms with Crippen molar-refractivity contribution in [1.82, 2.24) is 4.90 Å². The number of benzene rings is 2. The minimum atomic E-state index is -1.08. The molecule has 3 amide bonds. The lowest BCUT2D eigenvalue weighted by molar-refractivity contribution is -0.139. The number of carboxylic acid groups (broad SMARTS) is 1. The smallest absolute Gasteiger partial charge is 0.341 e. The summed E-state index contributed by atoms with van der Waals surface area (Å²) < 4.78 is 6.06. The molecule has 1 heterocycles. The van der Waals surface area contributed by atoms with E-state index in [9.17, 15) is 19.2 Å². The highest BCUT2D eigenvalue weighted by atomic mass is 127. The Kier molecular flexibility index (Phi) is 7.11. The molecule has 0 unspecified atom stereocenters. The Bertz CT molecular complexity index is 1020. The van der Waals surface area contributed by atoms with Crippen LogP contribution < -0.4 is 10.1 Å². The lowest BCUT2D eigenvalue weighted by atomic mass is 10.2. The van der Waals surface area contributed by atoms with Crippen molar-refractivity contribution in [3.63, 3.8) is 0 Å². The van der Waals surface area contributed by atoms with Crippen LogP contribution in [0.2, 0.25) is 0 Å². The van der Waals surface area contributed by atoms with E-state index in [2.05, 4.69) is 27.9 Å². The summed E-state index contributed by atoms with van der Waals surface area (Å²) in [6.45, 7) is -0.835. The fraction of sp³-hybridized carbons (Fsp3) is 0.100. The number of ether oxygens (including phenoxy) is 1. The first kappa shape index (κ1) is 21.8. The van der Waals surface area contributed by atoms with Gasteiger partial charge in [-0.05, 0) is 82.4 Å². The Morgan fingerprint density at radius 1 is 1.10 bits per heavy atom. The van der Waals surface area contributed by atoms with Crippen molar-refractivity contribution in [2.45, 2.75) is 0 Å². The number of carbonyl (C=O) groups is 4. The van der Waals surface area contributed by atoms with Crippen LogP contribution >= 0.6 is 34.4 Å². The minimum Gasteiger partial charge on any atom is -0.482 e. The number of nitrogens with zero attached hydrogens (tertiary/aromatic N) is 1. The molecule has 0 saturated carbocycles. The first-order chi connectivity index (χ1) is 14.3. The first-order valence-electron chi connectivity index (χ1n) is 8.57. The molecule has 2 aromatic rings. The average molecular weight is 538 g/mol. The molecule has 2 aromatic carbocycles. The summed E-state index contributed by atoms with van der Waals surface area (Å²) in [4.78, 5) is 48.6. The molecule has 0 atom stereocenters. The van der Waals surface area contributed by atoms with Crippen LogP contribution in [0.15, 0.2) is 53.4 Å². The maximum atomic E-state index is 12.5. The van der Waals surface area contributed by atoms with E-state index < -0.39 is 29.6 Å². The predicted molar refractivity (Wildman–Crippen MR) is 120 cm³/mol. The van der Waals surface area contributed by atoms with E-state index in [-0.39, 0.29) is 11.4 Å². The fourth-order valence-corrected chi connectivity index (χ4v) is 3.67. The summed E-state index contributed by atoms with van der Waals surface area (Å²) in [6.07, 6.45) is 1.53. The quantitative estimate of drug-likeness (QED) is 0.411. The van der Waals surface area contributed by atoms with Crippen LogP contribution in [0, 0.1) is 3.57 Å². The molecule has 0 radical (unpaired) electrons. The molecule has 1 aliphatic heterocycles. The second kappa shape index (κ2) is 9.76. The van der Waals surface area contributed by atoms with Crippen LogP contribution in [0.4, 0.5) is 10.5 Å². The maximum Gasteiger partial charge on any atom is 0.341 e. The maximum absolute atomic E-state index is 12.5. The van der Waals surface area contributed by atoms with E-state index in [0.29, 0.717) is 17.0 Å². The van der Waals surface area contributed by atoms with E-state index >= 15 is 0 Å². The Balaban J connectivity index is 1.62. The van der Waals surface area contributed by atoms with Crippen LogP contribution in [0.25, 0.3) is 6.08 Å². The topological polar surface area (TPSA) is 113 Å². The van der Waals surface area contributed by atoms with Gasteiger partial charge in [0.2, 0.25) is 5.91 Å². The van der Waals surface area contributed by atoms with Gasteiger partial charge < -0.3 is 15.2 Å². The standard InChI is InChI=1S/C20H15IN2O6S/c21-13-3-5-14(6-4-13)22-17(24)10-23-19(27)16(30-20(23)28)9-12-1-7-15(8-2-12)29-11-18(25)26/h1-9H,10-11H2,(H,22,24)(H,25,26)/b16-9+. The second-order valence-corrected chi connectivity index (χ2v) is 8.31. The van der Waals surface area contributed by atoms with Crippen LogP contribution in [0.1, 0.15) is 5.56 Å². The van der Waals surface area contributed by atoms with E-state index in [1.165, 1.54) is 6.08 Å². The molecule has 10 heteroatoms. The van der Waals surface area contributed by atoms with Gasteiger partial charge in [-0.2, -0.15) is 0 Å². The molecule has 1 saturated heterocycles. The number of nitrogens with one attached hydrogen (secondary N) is 1. The van der Waals surface area contributed by atoms with Crippen LogP contribution in [0.5, 0.6) is 5.75 Å². The van der Waals surface area contributed by atoms with Gasteiger partial charge in [0, 0.05) is 9.26 Å². The third kappa shape index (κ3) is 5.83. The number of rotatable bonds is 7. The van der Waals surface area contributed by atoms with Crippen molar-refractivity contribution in [1.29, 1.82) is 0 Å². The highest BCUT2D eigenvalue weighted by Crippen LogP contribution is 2.32. The number of amides is 3. The molecule has 3 rings (SSSR count). The highest BCUT2D eigenvalue weighted by Gasteiger charge is 2.36. The Morgan fingerprint density at radius 2 is 1.77 bits per heavy atom. The van der Waals surface area contributed by atoms with Crippen molar-refractivity contribution in [2.75, 3.05) is 18.5 Å². The average Bonchev–Trinajstić information content (AvgIpc) is 2.96. The summed E-state index contributed by atoms with van der Waals surface area (Å²) in [5, 5.41) is 10.7. The molecule has 0 spiro atoms. The number of thioether (sulfide) groups is 1. The largest absolute Gasteiger partial charge is 0.482 e. The van der Waals surface area contributed by atoms with E-state index in [0.717, 1.165) is 20.2 Å². The van der Waals surface area contributed by atoms with Gasteiger partial charge in [-0.15, -0.1) is 0 Å². The summed E-state index contributed by atoms with van der Waals surface area (Å²) in [6, 6.07) is 13.5. The third-order valence-corrected chi connectivity index (χ3v) is 5.47. The lowest BCUT2D eigenvalue weighted by Crippen LogP contribution is -2.36. The zero-order chi connectivity index (χ0) is 21.7. The first-order valence-corrected chi connectivity index (χ1v) is 10.5. The summed E-state index contributed by atoms with van der Waals surface area (Å²) in [5.41, 5.74) is 1.21. The number of hydrogen-bond acceptors (Lipinski definition) is 6. The minimum absolute atomic E-state index is 0.196. The van der Waals surface area contributed by atoms with Gasteiger partial charge in [0.1, 0.15) is 12.3 Å². The molecule has 0 aliphatic carbocycles. The number of halogens is 1. The zero-order valence-electron chi connectivity index (χ0n) is 15.3. The normalized spacial score (nSPS) is 14.8. The van der Waals surface area contributed by atoms with Crippen molar-refractivity contribution >= 4 is 69.1 Å². The lowest BCUT2D eigenvalue weighted by Gasteiger charge is -2.12. The van der Waals surface area contributed by atoms with Crippen LogP contribution in [0.3, 0.4) is 0 Å². The van der Waals surface area contributed by atoms with E-state index in [1.807, 2.05) is 12.1 Å². The van der Waals surface area contributed by atoms with Gasteiger partial charge in [-0.1, -0.05) is 12.1 Å². The summed E-state index contributed by atoms with van der Waals surface area (Å²) in [5.74, 6) is -1.73. The number of carboxylic acids is 1. The highest BCUT2D eigenvalue weighted by molar-refractivity contribution is 14.1. The fourth-order valence-electron chi connectivity index (χ4n) is 2.47. The van der Waals surface area contributed by atoms with Crippen molar-refractivity contribution < 1.29 is 29.0 Å². The molecule has 0 bridgehead atoms. The third-order valence-electron chi connectivity index (χ3n) is 3.84. The van der Waals surface area contributed by atoms with Gasteiger partial charge >= 0.3 is 5.97 Å². The molecule has 0 aromatic heterocycles. The molecular formula is C20H15IN2O6S. The summed E-state index contributed by atoms with van der Waals surface area (Å²) >= 11 is 2.90. The Hall–Kier alpha value is -2.86. The molecule has 1 fully saturated rings. The van der Waals surface area contributed by atoms with Gasteiger partial charge in [-0.3, -0.25) is 19.3 Å². The number of aliphatic carboxylic acids is 1. The predicted octanol–water partition coefficient (Wildman–Crippen LogP) is 3.43. The second-order valence-electron chi connectivity index (χ2n) is 6.07. The summed E-state index contributed by atoms with van der Waals surface area (Å²) in [7, 11) is 0. The molecule has 2 N–H and O–H groups in total. The van der Waals surface area contributed by atoms with Crippen LogP contribution in [-0.4, -0.2) is 46.2 Å². The molecule has 30 heavy (non-hydrogen) atoms. The van der Waals surface area contributed by atoms with Crippen molar-refractivity contribution in [3.8, 4) is 5.75 Å². The van der Waals surface area contributed by atoms with Crippen molar-refractivity contribution in [2.24, 2.45) is 0 Å². The number of hydrogen-bond donors (Lipinski definition) is 2. The number of imide groups is 1. The van der Waals surface area contributed by atoms with Gasteiger partial charge in [0.25, 0.3) is 11.1 Å². The number of carbonyl (C=O) groups excluding carboxylic acids is 3. The van der Waals surface area contributed by atoms with Gasteiger partial charge in [0.05, 0.1) is 4.91 Å². The zero-order valence-corrected chi connectivity index (χ0v) is 18.3. The SMILES string of the molecule is O=C(O)COc1ccc(/C=C2/SC(=O)N(CC(=O)Nc3ccc(I)cc3)C2=O)cc1. The number of anilines is 1. The van der Waals surface area contributed by atoms with Gasteiger partial charge in [-0.25, -0.2) is 4.79 Å².